The summed E-state index contributed by atoms with van der Waals surface area (Å²) >= 11 is 1.78. The molecule has 0 saturated carbocycles. The standard InChI is InChI=1S/C14H21N3S/c1-6-11-15-13(17(7-2)8-3)12-9(4)10(5)18-14(12)16-11/h6-8H2,1-5H3. The highest BCUT2D eigenvalue weighted by Gasteiger charge is 2.17. The largest absolute Gasteiger partial charge is 0.357 e. The third-order valence-corrected chi connectivity index (χ3v) is 4.54. The summed E-state index contributed by atoms with van der Waals surface area (Å²) in [6.07, 6.45) is 0.889. The third-order valence-electron chi connectivity index (χ3n) is 3.44. The maximum Gasteiger partial charge on any atom is 0.141 e. The first-order valence-corrected chi connectivity index (χ1v) is 7.45. The second kappa shape index (κ2) is 5.22. The van der Waals surface area contributed by atoms with Crippen molar-refractivity contribution in [2.45, 2.75) is 41.0 Å². The molecule has 98 valence electrons. The SMILES string of the molecule is CCc1nc(N(CC)CC)c2c(C)c(C)sc2n1. The summed E-state index contributed by atoms with van der Waals surface area (Å²) in [7, 11) is 0. The number of rotatable bonds is 4. The van der Waals surface area contributed by atoms with E-state index in [0.29, 0.717) is 0 Å². The lowest BCUT2D eigenvalue weighted by Crippen LogP contribution is -2.24. The molecule has 0 spiro atoms. The number of fused-ring (bicyclic) bond motifs is 1. The summed E-state index contributed by atoms with van der Waals surface area (Å²) < 4.78 is 0. The van der Waals surface area contributed by atoms with Crippen LogP contribution < -0.4 is 4.90 Å². The predicted molar refractivity (Wildman–Crippen MR) is 79.8 cm³/mol. The van der Waals surface area contributed by atoms with Crippen molar-refractivity contribution in [3.8, 4) is 0 Å². The van der Waals surface area contributed by atoms with Crippen LogP contribution in [0, 0.1) is 13.8 Å². The molecule has 0 aliphatic carbocycles. The van der Waals surface area contributed by atoms with Crippen LogP contribution >= 0.6 is 11.3 Å². The monoisotopic (exact) mass is 263 g/mol. The van der Waals surface area contributed by atoms with Crippen molar-refractivity contribution >= 4 is 27.4 Å². The lowest BCUT2D eigenvalue weighted by atomic mass is 10.2. The number of aryl methyl sites for hydroxylation is 3. The van der Waals surface area contributed by atoms with Crippen molar-refractivity contribution in [2.75, 3.05) is 18.0 Å². The zero-order valence-electron chi connectivity index (χ0n) is 11.9. The Labute approximate surface area is 113 Å². The van der Waals surface area contributed by atoms with Crippen molar-refractivity contribution in [1.29, 1.82) is 0 Å². The summed E-state index contributed by atoms with van der Waals surface area (Å²) in [5, 5.41) is 1.25. The Morgan fingerprint density at radius 2 is 1.72 bits per heavy atom. The van der Waals surface area contributed by atoms with Gasteiger partial charge in [0.05, 0.1) is 5.39 Å². The molecule has 18 heavy (non-hydrogen) atoms. The molecule has 0 unspecified atom stereocenters. The van der Waals surface area contributed by atoms with Crippen molar-refractivity contribution in [3.05, 3.63) is 16.3 Å². The van der Waals surface area contributed by atoms with E-state index in [9.17, 15) is 0 Å². The van der Waals surface area contributed by atoms with Gasteiger partial charge in [0, 0.05) is 24.4 Å². The Morgan fingerprint density at radius 3 is 2.28 bits per heavy atom. The highest BCUT2D eigenvalue weighted by atomic mass is 32.1. The number of aromatic nitrogens is 2. The van der Waals surface area contributed by atoms with E-state index in [4.69, 9.17) is 4.98 Å². The van der Waals surface area contributed by atoms with E-state index in [1.165, 1.54) is 15.8 Å². The minimum Gasteiger partial charge on any atom is -0.357 e. The molecule has 2 heterocycles. The van der Waals surface area contributed by atoms with Gasteiger partial charge in [-0.25, -0.2) is 9.97 Å². The van der Waals surface area contributed by atoms with Gasteiger partial charge in [0.15, 0.2) is 0 Å². The number of hydrogen-bond donors (Lipinski definition) is 0. The second-order valence-corrected chi connectivity index (χ2v) is 5.66. The lowest BCUT2D eigenvalue weighted by molar-refractivity contribution is 0.833. The molecule has 0 N–H and O–H groups in total. The van der Waals surface area contributed by atoms with E-state index in [2.05, 4.69) is 44.5 Å². The van der Waals surface area contributed by atoms with E-state index in [1.54, 1.807) is 11.3 Å². The molecule has 0 atom stereocenters. The van der Waals surface area contributed by atoms with Gasteiger partial charge in [-0.2, -0.15) is 0 Å². The minimum atomic E-state index is 0.889. The highest BCUT2D eigenvalue weighted by molar-refractivity contribution is 7.18. The number of anilines is 1. The fourth-order valence-electron chi connectivity index (χ4n) is 2.18. The van der Waals surface area contributed by atoms with Gasteiger partial charge < -0.3 is 4.90 Å². The van der Waals surface area contributed by atoms with Crippen LogP contribution in [0.1, 0.15) is 37.0 Å². The smallest absolute Gasteiger partial charge is 0.141 e. The molecule has 2 rings (SSSR count). The van der Waals surface area contributed by atoms with Crippen molar-refractivity contribution < 1.29 is 0 Å². The third kappa shape index (κ3) is 2.09. The van der Waals surface area contributed by atoms with E-state index in [0.717, 1.165) is 36.0 Å². The Kier molecular flexibility index (Phi) is 3.85. The lowest BCUT2D eigenvalue weighted by Gasteiger charge is -2.21. The highest BCUT2D eigenvalue weighted by Crippen LogP contribution is 2.34. The maximum absolute atomic E-state index is 4.76. The average molecular weight is 263 g/mol. The van der Waals surface area contributed by atoms with Crippen LogP contribution in [0.2, 0.25) is 0 Å². The normalized spacial score (nSPS) is 11.2. The van der Waals surface area contributed by atoms with Gasteiger partial charge in [-0.05, 0) is 33.3 Å². The van der Waals surface area contributed by atoms with Crippen LogP contribution in [0.3, 0.4) is 0 Å². The molecule has 3 nitrogen and oxygen atoms in total. The molecule has 0 radical (unpaired) electrons. The summed E-state index contributed by atoms with van der Waals surface area (Å²) in [6.45, 7) is 12.8. The molecular weight excluding hydrogens is 242 g/mol. The van der Waals surface area contributed by atoms with Crippen LogP contribution in [0.5, 0.6) is 0 Å². The molecule has 0 aliphatic rings. The molecule has 0 aromatic carbocycles. The zero-order chi connectivity index (χ0) is 13.3. The van der Waals surface area contributed by atoms with Gasteiger partial charge in [0.2, 0.25) is 0 Å². The Hall–Kier alpha value is -1.16. The van der Waals surface area contributed by atoms with Gasteiger partial charge >= 0.3 is 0 Å². The van der Waals surface area contributed by atoms with E-state index < -0.39 is 0 Å². The fraction of sp³-hybridized carbons (Fsp3) is 0.571. The van der Waals surface area contributed by atoms with Gasteiger partial charge in [-0.15, -0.1) is 11.3 Å². The van der Waals surface area contributed by atoms with Gasteiger partial charge in [-0.1, -0.05) is 6.92 Å². The Morgan fingerprint density at radius 1 is 1.06 bits per heavy atom. The molecule has 0 amide bonds. The van der Waals surface area contributed by atoms with Crippen molar-refractivity contribution in [2.24, 2.45) is 0 Å². The Balaban J connectivity index is 2.74. The van der Waals surface area contributed by atoms with Gasteiger partial charge in [0.25, 0.3) is 0 Å². The predicted octanol–water partition coefficient (Wildman–Crippen LogP) is 3.72. The maximum atomic E-state index is 4.76. The van der Waals surface area contributed by atoms with Crippen LogP contribution in [0.4, 0.5) is 5.82 Å². The molecular formula is C14H21N3S. The minimum absolute atomic E-state index is 0.889. The van der Waals surface area contributed by atoms with Crippen molar-refractivity contribution in [3.63, 3.8) is 0 Å². The van der Waals surface area contributed by atoms with Crippen LogP contribution in [0.25, 0.3) is 10.2 Å². The summed E-state index contributed by atoms with van der Waals surface area (Å²) in [4.78, 5) is 14.2. The number of nitrogens with zero attached hydrogens (tertiary/aromatic N) is 3. The average Bonchev–Trinajstić information content (AvgIpc) is 2.66. The van der Waals surface area contributed by atoms with E-state index in [-0.39, 0.29) is 0 Å². The Bertz CT molecular complexity index is 556. The number of hydrogen-bond acceptors (Lipinski definition) is 4. The molecule has 2 aromatic rings. The topological polar surface area (TPSA) is 29.0 Å². The van der Waals surface area contributed by atoms with Crippen LogP contribution in [-0.2, 0) is 6.42 Å². The summed E-state index contributed by atoms with van der Waals surface area (Å²) in [5.41, 5.74) is 1.33. The van der Waals surface area contributed by atoms with Crippen LogP contribution in [0.15, 0.2) is 0 Å². The molecule has 4 heteroatoms. The first kappa shape index (κ1) is 13.3. The van der Waals surface area contributed by atoms with Crippen LogP contribution in [-0.4, -0.2) is 23.1 Å². The zero-order valence-corrected chi connectivity index (χ0v) is 12.7. The summed E-state index contributed by atoms with van der Waals surface area (Å²) in [6, 6.07) is 0. The van der Waals surface area contributed by atoms with E-state index in [1.807, 2.05) is 0 Å². The quantitative estimate of drug-likeness (QED) is 0.842. The molecule has 0 bridgehead atoms. The second-order valence-electron chi connectivity index (χ2n) is 4.45. The van der Waals surface area contributed by atoms with Gasteiger partial charge in [-0.3, -0.25) is 0 Å². The fourth-order valence-corrected chi connectivity index (χ4v) is 3.22. The van der Waals surface area contributed by atoms with Gasteiger partial charge in [0.1, 0.15) is 16.5 Å². The van der Waals surface area contributed by atoms with E-state index >= 15 is 0 Å². The number of thiophene rings is 1. The first-order valence-electron chi connectivity index (χ1n) is 6.63. The molecule has 0 fully saturated rings. The van der Waals surface area contributed by atoms with Crippen molar-refractivity contribution in [1.82, 2.24) is 9.97 Å². The first-order chi connectivity index (χ1) is 8.62. The molecule has 0 aliphatic heterocycles. The molecule has 0 saturated heterocycles. The summed E-state index contributed by atoms with van der Waals surface area (Å²) in [5.74, 6) is 2.06. The molecule has 2 aromatic heterocycles.